The van der Waals surface area contributed by atoms with Gasteiger partial charge in [0, 0.05) is 11.8 Å². The van der Waals surface area contributed by atoms with E-state index >= 15 is 0 Å². The third-order valence-corrected chi connectivity index (χ3v) is 8.39. The largest absolute Gasteiger partial charge is 0.461 e. The van der Waals surface area contributed by atoms with E-state index in [0.717, 1.165) is 43.9 Å². The number of halogens is 1. The molecule has 0 aromatic heterocycles. The van der Waals surface area contributed by atoms with Crippen LogP contribution in [-0.2, 0) is 14.3 Å². The molecule has 0 heterocycles. The van der Waals surface area contributed by atoms with E-state index in [1.54, 1.807) is 0 Å². The van der Waals surface area contributed by atoms with Crippen molar-refractivity contribution in [3.63, 3.8) is 0 Å². The fraction of sp³-hybridized carbons (Fsp3) is 0.810. The molecule has 0 aromatic rings. The molecule has 4 rings (SSSR count). The van der Waals surface area contributed by atoms with E-state index in [0.29, 0.717) is 23.5 Å². The predicted molar refractivity (Wildman–Crippen MR) is 100 cm³/mol. The summed E-state index contributed by atoms with van der Waals surface area (Å²) in [4.78, 5) is 23.7. The van der Waals surface area contributed by atoms with Crippen LogP contribution >= 0.6 is 15.9 Å². The Balaban J connectivity index is 1.59. The molecule has 0 aromatic carbocycles. The number of hydrogen-bond acceptors (Lipinski definition) is 3. The van der Waals surface area contributed by atoms with Gasteiger partial charge in [0.05, 0.1) is 0 Å². The Labute approximate surface area is 159 Å². The fourth-order valence-electron chi connectivity index (χ4n) is 6.92. The summed E-state index contributed by atoms with van der Waals surface area (Å²) in [5.41, 5.74) is 1.58. The van der Waals surface area contributed by atoms with Crippen molar-refractivity contribution in [2.24, 2.45) is 35.0 Å². The second-order valence-electron chi connectivity index (χ2n) is 9.09. The van der Waals surface area contributed by atoms with Crippen molar-refractivity contribution in [2.75, 3.05) is 5.33 Å². The minimum Gasteiger partial charge on any atom is -0.461 e. The van der Waals surface area contributed by atoms with Crippen molar-refractivity contribution >= 4 is 27.7 Å². The van der Waals surface area contributed by atoms with Crippen molar-refractivity contribution < 1.29 is 14.3 Å². The van der Waals surface area contributed by atoms with Gasteiger partial charge in [-0.2, -0.15) is 0 Å². The Bertz CT molecular complexity index is 612. The predicted octanol–water partition coefficient (Wildman–Crippen LogP) is 4.68. The molecule has 3 fully saturated rings. The number of alkyl halides is 1. The highest BCUT2D eigenvalue weighted by Gasteiger charge is 2.58. The Kier molecular flexibility index (Phi) is 4.62. The van der Waals surface area contributed by atoms with Gasteiger partial charge in [-0.25, -0.2) is 0 Å². The van der Waals surface area contributed by atoms with Crippen LogP contribution in [0.2, 0.25) is 0 Å². The van der Waals surface area contributed by atoms with E-state index in [1.165, 1.54) is 18.4 Å². The molecular formula is C21H29BrO3. The molecule has 7 atom stereocenters. The number of rotatable bonds is 2. The van der Waals surface area contributed by atoms with Gasteiger partial charge in [0.15, 0.2) is 5.78 Å². The first-order valence-corrected chi connectivity index (χ1v) is 11.0. The number of ketones is 1. The summed E-state index contributed by atoms with van der Waals surface area (Å²) in [5, 5.41) is 0.289. The van der Waals surface area contributed by atoms with Crippen LogP contribution in [0.25, 0.3) is 0 Å². The van der Waals surface area contributed by atoms with Crippen molar-refractivity contribution in [1.29, 1.82) is 0 Å². The molecular weight excluding hydrogens is 380 g/mol. The van der Waals surface area contributed by atoms with Crippen LogP contribution in [0.5, 0.6) is 0 Å². The second kappa shape index (κ2) is 6.51. The highest BCUT2D eigenvalue weighted by molar-refractivity contribution is 9.09. The van der Waals surface area contributed by atoms with E-state index in [4.69, 9.17) is 4.74 Å². The van der Waals surface area contributed by atoms with Gasteiger partial charge in [-0.3, -0.25) is 9.59 Å². The van der Waals surface area contributed by atoms with E-state index in [-0.39, 0.29) is 22.8 Å². The lowest BCUT2D eigenvalue weighted by atomic mass is 9.49. The molecule has 4 aliphatic carbocycles. The molecule has 0 radical (unpaired) electrons. The quantitative estimate of drug-likeness (QED) is 0.491. The molecule has 0 bridgehead atoms. The molecule has 4 aliphatic rings. The maximum absolute atomic E-state index is 11.9. The summed E-state index contributed by atoms with van der Waals surface area (Å²) in [6.45, 7) is 4.76. The maximum Gasteiger partial charge on any atom is 0.316 e. The lowest BCUT2D eigenvalue weighted by molar-refractivity contribution is -0.156. The molecule has 3 saturated carbocycles. The first-order chi connectivity index (χ1) is 11.9. The lowest BCUT2D eigenvalue weighted by Crippen LogP contribution is -2.50. The normalized spacial score (nSPS) is 45.9. The van der Waals surface area contributed by atoms with Gasteiger partial charge < -0.3 is 4.74 Å². The SMILES string of the molecule is CC1CC2=CC(=O)CCC2C2CCC3(C)C(OC(=O)CBr)CCC3C12. The zero-order valence-corrected chi connectivity index (χ0v) is 16.9. The monoisotopic (exact) mass is 408 g/mol. The number of allylic oxidation sites excluding steroid dienone is 1. The van der Waals surface area contributed by atoms with E-state index in [9.17, 15) is 9.59 Å². The van der Waals surface area contributed by atoms with Gasteiger partial charge in [0.25, 0.3) is 0 Å². The number of fused-ring (bicyclic) bond motifs is 5. The van der Waals surface area contributed by atoms with Crippen LogP contribution in [0, 0.1) is 35.0 Å². The summed E-state index contributed by atoms with van der Waals surface area (Å²) < 4.78 is 5.83. The average molecular weight is 409 g/mol. The van der Waals surface area contributed by atoms with Gasteiger partial charge in [-0.1, -0.05) is 35.4 Å². The molecule has 0 aliphatic heterocycles. The highest BCUT2D eigenvalue weighted by atomic mass is 79.9. The molecule has 7 unspecified atom stereocenters. The summed E-state index contributed by atoms with van der Waals surface area (Å²) in [6, 6.07) is 0. The van der Waals surface area contributed by atoms with E-state index in [1.807, 2.05) is 6.08 Å². The minimum absolute atomic E-state index is 0.0839. The zero-order chi connectivity index (χ0) is 17.8. The highest BCUT2D eigenvalue weighted by Crippen LogP contribution is 2.63. The van der Waals surface area contributed by atoms with Crippen molar-refractivity contribution in [2.45, 2.75) is 64.9 Å². The van der Waals surface area contributed by atoms with Crippen LogP contribution in [-0.4, -0.2) is 23.2 Å². The number of hydrogen-bond donors (Lipinski definition) is 0. The Hall–Kier alpha value is -0.640. The van der Waals surface area contributed by atoms with Gasteiger partial charge >= 0.3 is 5.97 Å². The number of carbonyl (C=O) groups is 2. The van der Waals surface area contributed by atoms with Crippen molar-refractivity contribution in [3.8, 4) is 0 Å². The second-order valence-corrected chi connectivity index (χ2v) is 9.65. The number of carbonyl (C=O) groups excluding carboxylic acids is 2. The smallest absolute Gasteiger partial charge is 0.316 e. The Morgan fingerprint density at radius 2 is 2.12 bits per heavy atom. The summed E-state index contributed by atoms with van der Waals surface area (Å²) in [6.07, 6.45) is 9.53. The first kappa shape index (κ1) is 17.8. The molecule has 0 amide bonds. The van der Waals surface area contributed by atoms with Gasteiger partial charge in [0.2, 0.25) is 0 Å². The molecule has 138 valence electrons. The standard InChI is InChI=1S/C21H29BrO3/c1-12-9-13-10-14(23)3-4-15(13)16-7-8-21(2)17(20(12)16)5-6-18(21)25-19(24)11-22/h10,12,15-18,20H,3-9,11H2,1-2H3. The van der Waals surface area contributed by atoms with Crippen LogP contribution in [0.3, 0.4) is 0 Å². The summed E-state index contributed by atoms with van der Waals surface area (Å²) in [7, 11) is 0. The van der Waals surface area contributed by atoms with E-state index < -0.39 is 0 Å². The summed E-state index contributed by atoms with van der Waals surface area (Å²) >= 11 is 3.23. The molecule has 3 nitrogen and oxygen atoms in total. The number of esters is 1. The molecule has 0 saturated heterocycles. The first-order valence-electron chi connectivity index (χ1n) is 9.92. The number of ether oxygens (including phenoxy) is 1. The van der Waals surface area contributed by atoms with Crippen molar-refractivity contribution in [3.05, 3.63) is 11.6 Å². The third kappa shape index (κ3) is 2.83. The maximum atomic E-state index is 11.9. The molecule has 25 heavy (non-hydrogen) atoms. The van der Waals surface area contributed by atoms with Gasteiger partial charge in [0.1, 0.15) is 11.4 Å². The Morgan fingerprint density at radius 1 is 1.32 bits per heavy atom. The van der Waals surface area contributed by atoms with Crippen LogP contribution in [0.4, 0.5) is 0 Å². The topological polar surface area (TPSA) is 43.4 Å². The molecule has 4 heteroatoms. The van der Waals surface area contributed by atoms with Crippen LogP contribution in [0.15, 0.2) is 11.6 Å². The van der Waals surface area contributed by atoms with Crippen LogP contribution < -0.4 is 0 Å². The molecule has 0 spiro atoms. The van der Waals surface area contributed by atoms with Gasteiger partial charge in [-0.15, -0.1) is 0 Å². The minimum atomic E-state index is -0.123. The Morgan fingerprint density at radius 3 is 2.88 bits per heavy atom. The fourth-order valence-corrected chi connectivity index (χ4v) is 7.06. The summed E-state index contributed by atoms with van der Waals surface area (Å²) in [5.74, 6) is 3.59. The van der Waals surface area contributed by atoms with E-state index in [2.05, 4.69) is 29.8 Å². The third-order valence-electron chi connectivity index (χ3n) is 7.94. The molecule has 0 N–H and O–H groups in total. The average Bonchev–Trinajstić information content (AvgIpc) is 2.90. The van der Waals surface area contributed by atoms with Crippen LogP contribution in [0.1, 0.15) is 58.8 Å². The van der Waals surface area contributed by atoms with Crippen molar-refractivity contribution in [1.82, 2.24) is 0 Å². The lowest BCUT2D eigenvalue weighted by Gasteiger charge is -2.55. The van der Waals surface area contributed by atoms with Gasteiger partial charge in [-0.05, 0) is 74.2 Å². The zero-order valence-electron chi connectivity index (χ0n) is 15.3.